The summed E-state index contributed by atoms with van der Waals surface area (Å²) in [6.07, 6.45) is 0. The number of nitrogens with zero attached hydrogens (tertiary/aromatic N) is 2. The zero-order chi connectivity index (χ0) is 40.3. The topological polar surface area (TPSA) is 21.3 Å². The fourth-order valence-corrected chi connectivity index (χ4v) is 9.27. The lowest BCUT2D eigenvalue weighted by atomic mass is 9.98. The normalized spacial score (nSPS) is 11.6. The van der Waals surface area contributed by atoms with Gasteiger partial charge < -0.3 is 13.9 Å². The summed E-state index contributed by atoms with van der Waals surface area (Å²) in [5.74, 6) is 0. The van der Waals surface area contributed by atoms with Crippen LogP contribution in [0.25, 0.3) is 93.6 Å². The number of hydrogen-bond acceptors (Lipinski definition) is 2. The third-order valence-electron chi connectivity index (χ3n) is 12.2. The number of anilines is 3. The minimum Gasteiger partial charge on any atom is -0.456 e. The van der Waals surface area contributed by atoms with Crippen molar-refractivity contribution in [1.29, 1.82) is 0 Å². The first kappa shape index (κ1) is 34.9. The van der Waals surface area contributed by atoms with Crippen LogP contribution in [0.2, 0.25) is 0 Å². The highest BCUT2D eigenvalue weighted by molar-refractivity contribution is 6.10. The number of furan rings is 1. The van der Waals surface area contributed by atoms with E-state index in [2.05, 4.69) is 228 Å². The Morgan fingerprint density at radius 2 is 0.852 bits per heavy atom. The van der Waals surface area contributed by atoms with Crippen LogP contribution in [0.3, 0.4) is 0 Å². The van der Waals surface area contributed by atoms with Gasteiger partial charge in [0.25, 0.3) is 0 Å². The van der Waals surface area contributed by atoms with Crippen LogP contribution in [0.1, 0.15) is 0 Å². The van der Waals surface area contributed by atoms with Crippen LogP contribution >= 0.6 is 0 Å². The molecule has 0 aliphatic carbocycles. The van der Waals surface area contributed by atoms with Gasteiger partial charge in [-0.3, -0.25) is 0 Å². The number of hydrogen-bond donors (Lipinski definition) is 0. The van der Waals surface area contributed by atoms with Crippen molar-refractivity contribution in [2.45, 2.75) is 0 Å². The van der Waals surface area contributed by atoms with Crippen molar-refractivity contribution in [1.82, 2.24) is 4.57 Å². The molecule has 0 unspecified atom stereocenters. The molecule has 3 nitrogen and oxygen atoms in total. The van der Waals surface area contributed by atoms with E-state index in [1.165, 1.54) is 49.3 Å². The Kier molecular flexibility index (Phi) is 8.17. The molecule has 286 valence electrons. The van der Waals surface area contributed by atoms with Crippen LogP contribution in [-0.2, 0) is 0 Å². The third kappa shape index (κ3) is 5.90. The summed E-state index contributed by atoms with van der Waals surface area (Å²) in [7, 11) is 0. The van der Waals surface area contributed by atoms with Gasteiger partial charge in [-0.2, -0.15) is 0 Å². The van der Waals surface area contributed by atoms with Gasteiger partial charge in [0.15, 0.2) is 0 Å². The van der Waals surface area contributed by atoms with Crippen LogP contribution < -0.4 is 4.90 Å². The summed E-state index contributed by atoms with van der Waals surface area (Å²) in [5.41, 5.74) is 15.3. The lowest BCUT2D eigenvalue weighted by Crippen LogP contribution is -2.14. The van der Waals surface area contributed by atoms with Gasteiger partial charge >= 0.3 is 0 Å². The number of rotatable bonds is 7. The van der Waals surface area contributed by atoms with Gasteiger partial charge in [0.1, 0.15) is 11.2 Å². The summed E-state index contributed by atoms with van der Waals surface area (Å²) in [5, 5.41) is 7.21. The smallest absolute Gasteiger partial charge is 0.136 e. The molecular formula is C58H38N2O. The van der Waals surface area contributed by atoms with Gasteiger partial charge in [-0.15, -0.1) is 0 Å². The molecule has 10 aromatic carbocycles. The van der Waals surface area contributed by atoms with E-state index in [1.54, 1.807) is 0 Å². The Morgan fingerprint density at radius 1 is 0.328 bits per heavy atom. The van der Waals surface area contributed by atoms with Crippen molar-refractivity contribution in [3.63, 3.8) is 0 Å². The summed E-state index contributed by atoms with van der Waals surface area (Å²) < 4.78 is 8.84. The van der Waals surface area contributed by atoms with Gasteiger partial charge in [-0.05, 0) is 105 Å². The molecule has 12 rings (SSSR count). The molecule has 0 saturated heterocycles. The number of benzene rings is 10. The molecule has 0 bridgehead atoms. The minimum atomic E-state index is 0.877. The standard InChI is InChI=1S/C58H38N2O/c1-2-14-43-37-44(30-29-39(43)13-1)42-27-25-40(26-28-42)41-31-34-46(35-32-41)59(52-19-7-3-15-47(52)45-33-36-51-50-18-6-12-24-57(50)61-58(51)38-45)55-22-10-11-23-56(55)60-53-20-8-4-16-48(53)49-17-5-9-21-54(49)60/h1-38H. The quantitative estimate of drug-likeness (QED) is 0.161. The molecule has 0 atom stereocenters. The van der Waals surface area contributed by atoms with E-state index >= 15 is 0 Å². The predicted octanol–water partition coefficient (Wildman–Crippen LogP) is 16.3. The third-order valence-corrected chi connectivity index (χ3v) is 12.2. The molecule has 0 aliphatic rings. The Balaban J connectivity index is 1.01. The predicted molar refractivity (Wildman–Crippen MR) is 257 cm³/mol. The van der Waals surface area contributed by atoms with Crippen LogP contribution in [0.4, 0.5) is 17.1 Å². The molecule has 2 heterocycles. The maximum atomic E-state index is 6.42. The van der Waals surface area contributed by atoms with E-state index < -0.39 is 0 Å². The molecule has 3 heteroatoms. The molecule has 0 amide bonds. The Bertz CT molecular complexity index is 3540. The second-order valence-corrected chi connectivity index (χ2v) is 15.7. The van der Waals surface area contributed by atoms with E-state index in [0.717, 1.165) is 61.4 Å². The maximum Gasteiger partial charge on any atom is 0.136 e. The fraction of sp³-hybridized carbons (Fsp3) is 0. The van der Waals surface area contributed by atoms with Gasteiger partial charge in [-0.1, -0.05) is 164 Å². The first-order valence-corrected chi connectivity index (χ1v) is 20.8. The highest BCUT2D eigenvalue weighted by Crippen LogP contribution is 2.46. The highest BCUT2D eigenvalue weighted by Gasteiger charge is 2.23. The van der Waals surface area contributed by atoms with Crippen LogP contribution in [-0.4, -0.2) is 4.57 Å². The van der Waals surface area contributed by atoms with E-state index in [4.69, 9.17) is 4.42 Å². The number of para-hydroxylation sites is 6. The first-order chi connectivity index (χ1) is 30.2. The number of aromatic nitrogens is 1. The molecule has 0 saturated carbocycles. The second kappa shape index (κ2) is 14.3. The maximum absolute atomic E-state index is 6.42. The summed E-state index contributed by atoms with van der Waals surface area (Å²) in [6, 6.07) is 83.0. The van der Waals surface area contributed by atoms with Crippen molar-refractivity contribution in [3.8, 4) is 39.1 Å². The van der Waals surface area contributed by atoms with Gasteiger partial charge in [0, 0.05) is 32.8 Å². The highest BCUT2D eigenvalue weighted by atomic mass is 16.3. The SMILES string of the molecule is c1ccc(N(c2ccc(-c3ccc(-c4ccc5ccccc5c4)cc3)cc2)c2ccccc2-n2c3ccccc3c3ccccc32)c(-c2ccc3c(c2)oc2ccccc23)c1. The van der Waals surface area contributed by atoms with E-state index in [-0.39, 0.29) is 0 Å². The zero-order valence-corrected chi connectivity index (χ0v) is 33.2. The molecule has 2 aromatic heterocycles. The van der Waals surface area contributed by atoms with Crippen LogP contribution in [0.5, 0.6) is 0 Å². The Hall–Kier alpha value is -8.14. The molecule has 61 heavy (non-hydrogen) atoms. The summed E-state index contributed by atoms with van der Waals surface area (Å²) in [6.45, 7) is 0. The fourth-order valence-electron chi connectivity index (χ4n) is 9.27. The largest absolute Gasteiger partial charge is 0.456 e. The van der Waals surface area contributed by atoms with Gasteiger partial charge in [-0.25, -0.2) is 0 Å². The average Bonchev–Trinajstić information content (AvgIpc) is 3.88. The van der Waals surface area contributed by atoms with Crippen LogP contribution in [0, 0.1) is 0 Å². The first-order valence-electron chi connectivity index (χ1n) is 20.8. The van der Waals surface area contributed by atoms with E-state index in [0.29, 0.717) is 0 Å². The molecule has 0 aliphatic heterocycles. The lowest BCUT2D eigenvalue weighted by molar-refractivity contribution is 0.669. The van der Waals surface area contributed by atoms with Crippen molar-refractivity contribution < 1.29 is 4.42 Å². The Labute approximate surface area is 353 Å². The number of fused-ring (bicyclic) bond motifs is 7. The van der Waals surface area contributed by atoms with Gasteiger partial charge in [0.2, 0.25) is 0 Å². The monoisotopic (exact) mass is 778 g/mol. The van der Waals surface area contributed by atoms with E-state index in [9.17, 15) is 0 Å². The molecule has 0 spiro atoms. The molecule has 0 fully saturated rings. The zero-order valence-electron chi connectivity index (χ0n) is 33.2. The van der Waals surface area contributed by atoms with Crippen molar-refractivity contribution in [2.75, 3.05) is 4.90 Å². The molecule has 0 radical (unpaired) electrons. The van der Waals surface area contributed by atoms with E-state index in [1.807, 2.05) is 12.1 Å². The Morgan fingerprint density at radius 3 is 1.61 bits per heavy atom. The molecule has 12 aromatic rings. The summed E-state index contributed by atoms with van der Waals surface area (Å²) in [4.78, 5) is 2.42. The average molecular weight is 779 g/mol. The second-order valence-electron chi connectivity index (χ2n) is 15.7. The summed E-state index contributed by atoms with van der Waals surface area (Å²) >= 11 is 0. The van der Waals surface area contributed by atoms with Crippen molar-refractivity contribution >= 4 is 71.6 Å². The van der Waals surface area contributed by atoms with Gasteiger partial charge in [0.05, 0.1) is 28.1 Å². The van der Waals surface area contributed by atoms with Crippen molar-refractivity contribution in [3.05, 3.63) is 231 Å². The molecular weight excluding hydrogens is 741 g/mol. The van der Waals surface area contributed by atoms with Crippen LogP contribution in [0.15, 0.2) is 235 Å². The lowest BCUT2D eigenvalue weighted by Gasteiger charge is -2.30. The molecule has 0 N–H and O–H groups in total. The van der Waals surface area contributed by atoms with Crippen molar-refractivity contribution in [2.24, 2.45) is 0 Å². The minimum absolute atomic E-state index is 0.877.